The number of carbonyl (C=O) groups is 2. The van der Waals surface area contributed by atoms with Gasteiger partial charge in [-0.25, -0.2) is 9.59 Å². The molecule has 1 heterocycles. The van der Waals surface area contributed by atoms with Gasteiger partial charge in [-0.15, -0.1) is 0 Å². The second-order valence-electron chi connectivity index (χ2n) is 5.65. The predicted molar refractivity (Wildman–Crippen MR) is 86.5 cm³/mol. The minimum absolute atomic E-state index is 0.134. The van der Waals surface area contributed by atoms with Crippen LogP contribution in [0.15, 0.2) is 45.6 Å². The third kappa shape index (κ3) is 3.53. The molecule has 0 aliphatic heterocycles. The summed E-state index contributed by atoms with van der Waals surface area (Å²) in [6.07, 6.45) is 0. The molecule has 1 aromatic carbocycles. The second-order valence-corrected chi connectivity index (χ2v) is 5.65. The quantitative estimate of drug-likeness (QED) is 0.802. The van der Waals surface area contributed by atoms with Crippen LogP contribution in [0.4, 0.5) is 0 Å². The fourth-order valence-electron chi connectivity index (χ4n) is 2.34. The number of hydrogen-bond donors (Lipinski definition) is 0. The zero-order valence-electron chi connectivity index (χ0n) is 13.9. The summed E-state index contributed by atoms with van der Waals surface area (Å²) in [6.45, 7) is 4.46. The van der Waals surface area contributed by atoms with Crippen LogP contribution in [0.5, 0.6) is 0 Å². The molecule has 0 radical (unpaired) electrons. The van der Waals surface area contributed by atoms with Gasteiger partial charge < -0.3 is 13.9 Å². The fourth-order valence-corrected chi connectivity index (χ4v) is 2.34. The summed E-state index contributed by atoms with van der Waals surface area (Å²) in [6, 6.07) is 10.4. The van der Waals surface area contributed by atoms with Crippen molar-refractivity contribution < 1.29 is 23.5 Å². The highest BCUT2D eigenvalue weighted by Gasteiger charge is 2.31. The van der Waals surface area contributed by atoms with Crippen LogP contribution in [0.25, 0.3) is 11.1 Å². The van der Waals surface area contributed by atoms with E-state index in [0.29, 0.717) is 11.1 Å². The number of methoxy groups -OCH3 is 1. The van der Waals surface area contributed by atoms with E-state index < -0.39 is 23.2 Å². The zero-order chi connectivity index (χ0) is 17.9. The van der Waals surface area contributed by atoms with Crippen molar-refractivity contribution in [1.29, 1.82) is 0 Å². The largest absolute Gasteiger partial charge is 0.465 e. The average Bonchev–Trinajstić information content (AvgIpc) is 2.53. The Bertz CT molecular complexity index is 817. The van der Waals surface area contributed by atoms with Gasteiger partial charge in [0.05, 0.1) is 7.11 Å². The number of esters is 2. The van der Waals surface area contributed by atoms with Crippen molar-refractivity contribution in [1.82, 2.24) is 0 Å². The van der Waals surface area contributed by atoms with E-state index in [-0.39, 0.29) is 11.3 Å². The first kappa shape index (κ1) is 17.5. The van der Waals surface area contributed by atoms with Crippen molar-refractivity contribution in [2.45, 2.75) is 26.4 Å². The standard InChI is InChI=1S/C18H18O6/c1-11(19)24-18(2,3)14-10-13(12-8-6-5-7-9-12)15(16(20)22-4)17(21)23-14/h5-10H,1-4H3. The molecule has 0 bridgehead atoms. The van der Waals surface area contributed by atoms with E-state index in [1.54, 1.807) is 38.1 Å². The highest BCUT2D eigenvalue weighted by Crippen LogP contribution is 2.30. The highest BCUT2D eigenvalue weighted by atomic mass is 16.6. The fraction of sp³-hybridized carbons (Fsp3) is 0.278. The molecular weight excluding hydrogens is 312 g/mol. The summed E-state index contributed by atoms with van der Waals surface area (Å²) < 4.78 is 15.1. The topological polar surface area (TPSA) is 82.8 Å². The molecule has 0 saturated heterocycles. The molecule has 0 atom stereocenters. The Labute approximate surface area is 139 Å². The lowest BCUT2D eigenvalue weighted by atomic mass is 9.97. The lowest BCUT2D eigenvalue weighted by molar-refractivity contribution is -0.156. The lowest BCUT2D eigenvalue weighted by Crippen LogP contribution is -2.27. The second kappa shape index (κ2) is 6.70. The van der Waals surface area contributed by atoms with E-state index in [2.05, 4.69) is 4.74 Å². The van der Waals surface area contributed by atoms with E-state index >= 15 is 0 Å². The van der Waals surface area contributed by atoms with Gasteiger partial charge in [0, 0.05) is 12.5 Å². The zero-order valence-corrected chi connectivity index (χ0v) is 13.9. The number of benzene rings is 1. The van der Waals surface area contributed by atoms with Gasteiger partial charge in [-0.2, -0.15) is 0 Å². The Kier molecular flexibility index (Phi) is 4.87. The number of carbonyl (C=O) groups excluding carboxylic acids is 2. The molecule has 0 fully saturated rings. The minimum atomic E-state index is -1.16. The first-order chi connectivity index (χ1) is 11.3. The highest BCUT2D eigenvalue weighted by molar-refractivity contribution is 5.96. The number of rotatable bonds is 4. The van der Waals surface area contributed by atoms with E-state index in [9.17, 15) is 14.4 Å². The molecule has 1 aromatic heterocycles. The summed E-state index contributed by atoms with van der Waals surface area (Å²) in [5.74, 6) is -1.17. The van der Waals surface area contributed by atoms with E-state index in [0.717, 1.165) is 0 Å². The average molecular weight is 330 g/mol. The Morgan fingerprint density at radius 2 is 1.75 bits per heavy atom. The van der Waals surface area contributed by atoms with Crippen LogP contribution in [0.1, 0.15) is 36.9 Å². The third-order valence-corrected chi connectivity index (χ3v) is 3.42. The number of ether oxygens (including phenoxy) is 2. The summed E-state index contributed by atoms with van der Waals surface area (Å²) in [4.78, 5) is 35.6. The minimum Gasteiger partial charge on any atom is -0.465 e. The maximum atomic E-state index is 12.4. The van der Waals surface area contributed by atoms with Crippen LogP contribution < -0.4 is 5.63 Å². The van der Waals surface area contributed by atoms with E-state index in [1.807, 2.05) is 6.07 Å². The molecule has 0 N–H and O–H groups in total. The third-order valence-electron chi connectivity index (χ3n) is 3.42. The maximum Gasteiger partial charge on any atom is 0.351 e. The van der Waals surface area contributed by atoms with E-state index in [4.69, 9.17) is 9.15 Å². The molecule has 0 aliphatic rings. The van der Waals surface area contributed by atoms with Crippen LogP contribution in [-0.2, 0) is 19.9 Å². The molecule has 126 valence electrons. The molecule has 24 heavy (non-hydrogen) atoms. The van der Waals surface area contributed by atoms with Crippen LogP contribution in [0.2, 0.25) is 0 Å². The maximum absolute atomic E-state index is 12.4. The van der Waals surface area contributed by atoms with Crippen molar-refractivity contribution in [2.24, 2.45) is 0 Å². The molecule has 2 rings (SSSR count). The SMILES string of the molecule is COC(=O)c1c(-c2ccccc2)cc(C(C)(C)OC(C)=O)oc1=O. The molecule has 0 amide bonds. The van der Waals surface area contributed by atoms with Crippen LogP contribution in [0, 0.1) is 0 Å². The summed E-state index contributed by atoms with van der Waals surface area (Å²) in [5, 5.41) is 0. The van der Waals surface area contributed by atoms with Gasteiger partial charge in [0.2, 0.25) is 0 Å². The van der Waals surface area contributed by atoms with Gasteiger partial charge in [-0.05, 0) is 25.5 Å². The van der Waals surface area contributed by atoms with Crippen molar-refractivity contribution in [3.05, 3.63) is 58.1 Å². The molecule has 0 aliphatic carbocycles. The predicted octanol–water partition coefficient (Wildman–Crippen LogP) is 2.89. The molecule has 2 aromatic rings. The van der Waals surface area contributed by atoms with Gasteiger partial charge in [0.15, 0.2) is 16.9 Å². The van der Waals surface area contributed by atoms with Gasteiger partial charge in [-0.3, -0.25) is 4.79 Å². The Morgan fingerprint density at radius 1 is 1.12 bits per heavy atom. The van der Waals surface area contributed by atoms with Crippen molar-refractivity contribution in [3.63, 3.8) is 0 Å². The van der Waals surface area contributed by atoms with Crippen LogP contribution in [0.3, 0.4) is 0 Å². The van der Waals surface area contributed by atoms with E-state index in [1.165, 1.54) is 20.1 Å². The molecule has 0 spiro atoms. The summed E-state index contributed by atoms with van der Waals surface area (Å²) >= 11 is 0. The Hall–Kier alpha value is -2.89. The van der Waals surface area contributed by atoms with Crippen LogP contribution in [-0.4, -0.2) is 19.0 Å². The molecular formula is C18H18O6. The van der Waals surface area contributed by atoms with Crippen molar-refractivity contribution >= 4 is 11.9 Å². The summed E-state index contributed by atoms with van der Waals surface area (Å²) in [7, 11) is 1.19. The van der Waals surface area contributed by atoms with Gasteiger partial charge >= 0.3 is 17.6 Å². The lowest BCUT2D eigenvalue weighted by Gasteiger charge is -2.23. The first-order valence-electron chi connectivity index (χ1n) is 7.28. The van der Waals surface area contributed by atoms with Crippen molar-refractivity contribution in [2.75, 3.05) is 7.11 Å². The van der Waals surface area contributed by atoms with Gasteiger partial charge in [0.25, 0.3) is 0 Å². The smallest absolute Gasteiger partial charge is 0.351 e. The number of hydrogen-bond acceptors (Lipinski definition) is 6. The van der Waals surface area contributed by atoms with Crippen molar-refractivity contribution in [3.8, 4) is 11.1 Å². The van der Waals surface area contributed by atoms with Crippen LogP contribution >= 0.6 is 0 Å². The first-order valence-corrected chi connectivity index (χ1v) is 7.28. The molecule has 0 unspecified atom stereocenters. The Balaban J connectivity index is 2.72. The normalized spacial score (nSPS) is 11.0. The molecule has 0 saturated carbocycles. The van der Waals surface area contributed by atoms with Gasteiger partial charge in [0.1, 0.15) is 0 Å². The van der Waals surface area contributed by atoms with Gasteiger partial charge in [-0.1, -0.05) is 30.3 Å². The Morgan fingerprint density at radius 3 is 2.29 bits per heavy atom. The molecule has 6 heteroatoms. The monoisotopic (exact) mass is 330 g/mol. The molecule has 6 nitrogen and oxygen atoms in total. The summed E-state index contributed by atoms with van der Waals surface area (Å²) in [5.41, 5.74) is -1.22.